The van der Waals surface area contributed by atoms with Crippen LogP contribution in [0.3, 0.4) is 0 Å². The normalized spacial score (nSPS) is 10.7. The van der Waals surface area contributed by atoms with Gasteiger partial charge in [0.25, 0.3) is 0 Å². The number of halogens is 1. The van der Waals surface area contributed by atoms with Crippen LogP contribution in [0.4, 0.5) is 5.69 Å². The zero-order chi connectivity index (χ0) is 18.5. The van der Waals surface area contributed by atoms with Crippen molar-refractivity contribution >= 4 is 34.8 Å². The van der Waals surface area contributed by atoms with Gasteiger partial charge in [0.15, 0.2) is 0 Å². The second-order valence-electron chi connectivity index (χ2n) is 5.78. The van der Waals surface area contributed by atoms with Gasteiger partial charge in [0, 0.05) is 18.1 Å². The van der Waals surface area contributed by atoms with Crippen molar-refractivity contribution in [2.24, 2.45) is 0 Å². The third-order valence-electron chi connectivity index (χ3n) is 3.65. The Morgan fingerprint density at radius 3 is 2.65 bits per heavy atom. The minimum Gasteiger partial charge on any atom is -0.462 e. The van der Waals surface area contributed by atoms with Crippen LogP contribution in [0, 0.1) is 0 Å². The smallest absolute Gasteiger partial charge is 0.338 e. The number of benzene rings is 1. The molecule has 3 aromatic rings. The largest absolute Gasteiger partial charge is 0.462 e. The Balaban J connectivity index is 1.61. The van der Waals surface area contributed by atoms with E-state index in [9.17, 15) is 9.59 Å². The minimum absolute atomic E-state index is 0.138. The summed E-state index contributed by atoms with van der Waals surface area (Å²) in [4.78, 5) is 28.3. The molecule has 0 fully saturated rings. The summed E-state index contributed by atoms with van der Waals surface area (Å²) >= 11 is 5.94. The number of anilines is 1. The Kier molecular flexibility index (Phi) is 5.53. The SMILES string of the molecule is CCCOC(=O)c1ccc(NC(=O)Cc2cn3cc(Cl)ccc3n2)cc1. The van der Waals surface area contributed by atoms with E-state index in [0.717, 1.165) is 12.1 Å². The summed E-state index contributed by atoms with van der Waals surface area (Å²) in [7, 11) is 0. The lowest BCUT2D eigenvalue weighted by Gasteiger charge is -2.06. The summed E-state index contributed by atoms with van der Waals surface area (Å²) in [5.74, 6) is -0.561. The van der Waals surface area contributed by atoms with Crippen molar-refractivity contribution in [2.75, 3.05) is 11.9 Å². The lowest BCUT2D eigenvalue weighted by molar-refractivity contribution is -0.115. The maximum absolute atomic E-state index is 12.2. The van der Waals surface area contributed by atoms with Gasteiger partial charge in [0.2, 0.25) is 5.91 Å². The van der Waals surface area contributed by atoms with Crippen LogP contribution in [0.1, 0.15) is 29.4 Å². The van der Waals surface area contributed by atoms with E-state index in [-0.39, 0.29) is 18.3 Å². The van der Waals surface area contributed by atoms with Gasteiger partial charge in [-0.15, -0.1) is 0 Å². The molecule has 0 radical (unpaired) electrons. The van der Waals surface area contributed by atoms with E-state index < -0.39 is 0 Å². The number of hydrogen-bond acceptors (Lipinski definition) is 4. The van der Waals surface area contributed by atoms with Crippen LogP contribution >= 0.6 is 11.6 Å². The maximum atomic E-state index is 12.2. The second kappa shape index (κ2) is 8.01. The molecule has 1 amide bonds. The average molecular weight is 372 g/mol. The third-order valence-corrected chi connectivity index (χ3v) is 3.87. The summed E-state index contributed by atoms with van der Waals surface area (Å²) in [5, 5.41) is 3.39. The molecule has 134 valence electrons. The topological polar surface area (TPSA) is 72.7 Å². The number of imidazole rings is 1. The Morgan fingerprint density at radius 2 is 1.92 bits per heavy atom. The Labute approximate surface area is 155 Å². The van der Waals surface area contributed by atoms with Gasteiger partial charge < -0.3 is 14.5 Å². The van der Waals surface area contributed by atoms with Crippen LogP contribution in [0.15, 0.2) is 48.8 Å². The number of aromatic nitrogens is 2. The van der Waals surface area contributed by atoms with Crippen molar-refractivity contribution < 1.29 is 14.3 Å². The molecule has 6 nitrogen and oxygen atoms in total. The van der Waals surface area contributed by atoms with Crippen molar-refractivity contribution in [2.45, 2.75) is 19.8 Å². The number of amides is 1. The highest BCUT2D eigenvalue weighted by molar-refractivity contribution is 6.30. The molecule has 0 saturated heterocycles. The predicted molar refractivity (Wildman–Crippen MR) is 99.6 cm³/mol. The summed E-state index contributed by atoms with van der Waals surface area (Å²) in [6, 6.07) is 10.1. The standard InChI is InChI=1S/C19H18ClN3O3/c1-2-9-26-19(25)13-3-6-15(7-4-13)22-18(24)10-16-12-23-11-14(20)5-8-17(23)21-16/h3-8,11-12H,2,9-10H2,1H3,(H,22,24). The molecule has 1 aromatic carbocycles. The van der Waals surface area contributed by atoms with Crippen LogP contribution in [0.25, 0.3) is 5.65 Å². The minimum atomic E-state index is -0.368. The van der Waals surface area contributed by atoms with E-state index in [1.54, 1.807) is 53.2 Å². The highest BCUT2D eigenvalue weighted by atomic mass is 35.5. The van der Waals surface area contributed by atoms with Crippen LogP contribution in [0.2, 0.25) is 5.02 Å². The first-order valence-corrected chi connectivity index (χ1v) is 8.63. The first-order chi connectivity index (χ1) is 12.5. The molecule has 1 N–H and O–H groups in total. The van der Waals surface area contributed by atoms with E-state index in [0.29, 0.717) is 28.6 Å². The van der Waals surface area contributed by atoms with Crippen LogP contribution < -0.4 is 5.32 Å². The fraction of sp³-hybridized carbons (Fsp3) is 0.211. The van der Waals surface area contributed by atoms with Gasteiger partial charge >= 0.3 is 5.97 Å². The van der Waals surface area contributed by atoms with Crippen LogP contribution in [-0.4, -0.2) is 27.9 Å². The number of rotatable bonds is 6. The van der Waals surface area contributed by atoms with E-state index in [1.165, 1.54) is 0 Å². The number of esters is 1. The molecule has 0 aliphatic carbocycles. The molecule has 0 spiro atoms. The fourth-order valence-electron chi connectivity index (χ4n) is 2.44. The molecule has 0 atom stereocenters. The summed E-state index contributed by atoms with van der Waals surface area (Å²) in [5.41, 5.74) is 2.43. The molecule has 26 heavy (non-hydrogen) atoms. The van der Waals surface area contributed by atoms with Crippen LogP contribution in [-0.2, 0) is 16.0 Å². The van der Waals surface area contributed by atoms with Crippen molar-refractivity contribution in [1.29, 1.82) is 0 Å². The summed E-state index contributed by atoms with van der Waals surface area (Å²) < 4.78 is 6.85. The zero-order valence-electron chi connectivity index (χ0n) is 14.2. The number of fused-ring (bicyclic) bond motifs is 1. The molecule has 0 bridgehead atoms. The molecular formula is C19H18ClN3O3. The lowest BCUT2D eigenvalue weighted by Crippen LogP contribution is -2.14. The van der Waals surface area contributed by atoms with E-state index in [2.05, 4.69) is 10.3 Å². The molecule has 7 heteroatoms. The van der Waals surface area contributed by atoms with E-state index >= 15 is 0 Å². The Bertz CT molecular complexity index is 935. The average Bonchev–Trinajstić information content (AvgIpc) is 3.01. The highest BCUT2D eigenvalue weighted by Crippen LogP contribution is 2.14. The highest BCUT2D eigenvalue weighted by Gasteiger charge is 2.10. The monoisotopic (exact) mass is 371 g/mol. The van der Waals surface area contributed by atoms with Gasteiger partial charge in [-0.05, 0) is 42.8 Å². The molecular weight excluding hydrogens is 354 g/mol. The number of pyridine rings is 1. The number of nitrogens with one attached hydrogen (secondary N) is 1. The predicted octanol–water partition coefficient (Wildman–Crippen LogP) is 3.74. The van der Waals surface area contributed by atoms with Crippen molar-refractivity contribution in [1.82, 2.24) is 9.38 Å². The Morgan fingerprint density at radius 1 is 1.15 bits per heavy atom. The van der Waals surface area contributed by atoms with Gasteiger partial charge in [0.05, 0.1) is 29.3 Å². The van der Waals surface area contributed by atoms with Gasteiger partial charge in [0.1, 0.15) is 5.65 Å². The lowest BCUT2D eigenvalue weighted by atomic mass is 10.2. The Hall–Kier alpha value is -2.86. The molecule has 0 aliphatic heterocycles. The second-order valence-corrected chi connectivity index (χ2v) is 6.22. The fourth-order valence-corrected chi connectivity index (χ4v) is 2.61. The summed E-state index contributed by atoms with van der Waals surface area (Å²) in [6.45, 7) is 2.32. The van der Waals surface area contributed by atoms with Crippen molar-refractivity contribution in [3.63, 3.8) is 0 Å². The quantitative estimate of drug-likeness (QED) is 0.670. The molecule has 3 rings (SSSR count). The molecule has 0 saturated carbocycles. The molecule has 2 heterocycles. The number of carbonyl (C=O) groups excluding carboxylic acids is 2. The number of hydrogen-bond donors (Lipinski definition) is 1. The molecule has 2 aromatic heterocycles. The summed E-state index contributed by atoms with van der Waals surface area (Å²) in [6.07, 6.45) is 4.42. The van der Waals surface area contributed by atoms with Crippen molar-refractivity contribution in [3.05, 3.63) is 65.1 Å². The van der Waals surface area contributed by atoms with Gasteiger partial charge in [-0.3, -0.25) is 4.79 Å². The first kappa shape index (κ1) is 17.9. The number of carbonyl (C=O) groups is 2. The van der Waals surface area contributed by atoms with Crippen LogP contribution in [0.5, 0.6) is 0 Å². The number of nitrogens with zero attached hydrogens (tertiary/aromatic N) is 2. The third kappa shape index (κ3) is 4.40. The first-order valence-electron chi connectivity index (χ1n) is 8.25. The van der Waals surface area contributed by atoms with E-state index in [1.807, 2.05) is 6.92 Å². The maximum Gasteiger partial charge on any atom is 0.338 e. The zero-order valence-corrected chi connectivity index (χ0v) is 15.0. The van der Waals surface area contributed by atoms with Gasteiger partial charge in [-0.25, -0.2) is 9.78 Å². The van der Waals surface area contributed by atoms with E-state index in [4.69, 9.17) is 16.3 Å². The van der Waals surface area contributed by atoms with Crippen molar-refractivity contribution in [3.8, 4) is 0 Å². The van der Waals surface area contributed by atoms with Gasteiger partial charge in [-0.1, -0.05) is 18.5 Å². The molecule has 0 unspecified atom stereocenters. The number of ether oxygens (including phenoxy) is 1. The van der Waals surface area contributed by atoms with Gasteiger partial charge in [-0.2, -0.15) is 0 Å². The molecule has 0 aliphatic rings.